The van der Waals surface area contributed by atoms with Gasteiger partial charge in [0.1, 0.15) is 6.54 Å². The highest BCUT2D eigenvalue weighted by Crippen LogP contribution is 2.25. The number of nitrogens with zero attached hydrogens (tertiary/aromatic N) is 2. The minimum absolute atomic E-state index is 0.0521. The zero-order valence-corrected chi connectivity index (χ0v) is 17.2. The Bertz CT molecular complexity index is 923. The van der Waals surface area contributed by atoms with Gasteiger partial charge in [-0.1, -0.05) is 67.5 Å². The number of fused-ring (bicyclic) bond motifs is 1. The Morgan fingerprint density at radius 2 is 1.93 bits per heavy atom. The fourth-order valence-electron chi connectivity index (χ4n) is 2.74. The molecule has 1 N–H and O–H groups in total. The molecular weight excluding hydrogens is 378 g/mol. The maximum atomic E-state index is 12.6. The summed E-state index contributed by atoms with van der Waals surface area (Å²) >= 11 is 7.88. The zero-order chi connectivity index (χ0) is 19.2. The number of nitrogens with one attached hydrogen (secondary N) is 1. The van der Waals surface area contributed by atoms with Crippen LogP contribution in [-0.2, 0) is 17.9 Å². The second kappa shape index (κ2) is 9.29. The quantitative estimate of drug-likeness (QED) is 0.531. The van der Waals surface area contributed by atoms with Crippen LogP contribution in [0.3, 0.4) is 0 Å². The number of imidazole rings is 1. The molecule has 3 rings (SSSR count). The molecular formula is C21H24ClN3OS. The van der Waals surface area contributed by atoms with E-state index in [2.05, 4.69) is 19.2 Å². The van der Waals surface area contributed by atoms with Gasteiger partial charge in [0.2, 0.25) is 5.91 Å². The highest BCUT2D eigenvalue weighted by molar-refractivity contribution is 7.99. The van der Waals surface area contributed by atoms with Gasteiger partial charge in [0.05, 0.1) is 11.0 Å². The molecule has 0 radical (unpaired) electrons. The molecule has 1 heterocycles. The van der Waals surface area contributed by atoms with Crippen LogP contribution in [0, 0.1) is 5.92 Å². The van der Waals surface area contributed by atoms with Gasteiger partial charge < -0.3 is 9.88 Å². The number of benzene rings is 2. The van der Waals surface area contributed by atoms with E-state index in [4.69, 9.17) is 16.6 Å². The van der Waals surface area contributed by atoms with Crippen molar-refractivity contribution in [2.45, 2.75) is 38.5 Å². The molecule has 142 valence electrons. The first-order chi connectivity index (χ1) is 13.0. The van der Waals surface area contributed by atoms with E-state index in [0.29, 0.717) is 17.5 Å². The van der Waals surface area contributed by atoms with E-state index in [1.165, 1.54) is 0 Å². The van der Waals surface area contributed by atoms with Crippen molar-refractivity contribution in [3.8, 4) is 0 Å². The summed E-state index contributed by atoms with van der Waals surface area (Å²) < 4.78 is 2.00. The van der Waals surface area contributed by atoms with Crippen LogP contribution in [0.5, 0.6) is 0 Å². The second-order valence-electron chi connectivity index (χ2n) is 6.87. The van der Waals surface area contributed by atoms with Crippen molar-refractivity contribution in [3.05, 3.63) is 59.1 Å². The van der Waals surface area contributed by atoms with Crippen molar-refractivity contribution in [1.82, 2.24) is 14.9 Å². The lowest BCUT2D eigenvalue weighted by molar-refractivity contribution is -0.121. The molecule has 0 saturated heterocycles. The number of para-hydroxylation sites is 2. The van der Waals surface area contributed by atoms with Crippen molar-refractivity contribution < 1.29 is 4.79 Å². The van der Waals surface area contributed by atoms with E-state index < -0.39 is 0 Å². The number of aromatic nitrogens is 2. The topological polar surface area (TPSA) is 46.9 Å². The molecule has 0 bridgehead atoms. The van der Waals surface area contributed by atoms with Gasteiger partial charge in [-0.15, -0.1) is 0 Å². The summed E-state index contributed by atoms with van der Waals surface area (Å²) in [5.41, 5.74) is 2.82. The molecule has 1 amide bonds. The van der Waals surface area contributed by atoms with E-state index in [-0.39, 0.29) is 12.5 Å². The third kappa shape index (κ3) is 5.27. The largest absolute Gasteiger partial charge is 0.350 e. The molecule has 0 aliphatic rings. The molecule has 0 spiro atoms. The molecule has 0 atom stereocenters. The van der Waals surface area contributed by atoms with E-state index in [1.54, 1.807) is 11.8 Å². The van der Waals surface area contributed by atoms with Crippen LogP contribution in [0.25, 0.3) is 11.0 Å². The number of hydrogen-bond acceptors (Lipinski definition) is 3. The number of carbonyl (C=O) groups is 1. The number of amides is 1. The van der Waals surface area contributed by atoms with E-state index in [1.807, 2.05) is 53.1 Å². The Morgan fingerprint density at radius 1 is 1.19 bits per heavy atom. The van der Waals surface area contributed by atoms with Gasteiger partial charge in [0.15, 0.2) is 5.16 Å². The fraction of sp³-hybridized carbons (Fsp3) is 0.333. The Balaban J connectivity index is 1.72. The summed E-state index contributed by atoms with van der Waals surface area (Å²) in [6.07, 6.45) is 1.12. The average Bonchev–Trinajstić information content (AvgIpc) is 2.98. The highest BCUT2D eigenvalue weighted by Gasteiger charge is 2.14. The SMILES string of the molecule is CC(C)CCSc1nc2ccccc2n1CC(=O)NCc1ccccc1Cl. The molecule has 2 aromatic carbocycles. The van der Waals surface area contributed by atoms with Gasteiger partial charge in [0.25, 0.3) is 0 Å². The van der Waals surface area contributed by atoms with Crippen LogP contribution in [0.2, 0.25) is 5.02 Å². The van der Waals surface area contributed by atoms with Crippen LogP contribution >= 0.6 is 23.4 Å². The number of carbonyl (C=O) groups excluding carboxylic acids is 1. The lowest BCUT2D eigenvalue weighted by Crippen LogP contribution is -2.27. The standard InChI is InChI=1S/C21H24ClN3OS/c1-15(2)11-12-27-21-24-18-9-5-6-10-19(18)25(21)14-20(26)23-13-16-7-3-4-8-17(16)22/h3-10,15H,11-14H2,1-2H3,(H,23,26). The Kier molecular flexibility index (Phi) is 6.80. The van der Waals surface area contributed by atoms with Crippen LogP contribution in [-0.4, -0.2) is 21.2 Å². The van der Waals surface area contributed by atoms with Crippen LogP contribution in [0.4, 0.5) is 0 Å². The predicted octanol–water partition coefficient (Wildman–Crippen LogP) is 5.14. The second-order valence-corrected chi connectivity index (χ2v) is 8.34. The van der Waals surface area contributed by atoms with Gasteiger partial charge in [-0.2, -0.15) is 0 Å². The van der Waals surface area contributed by atoms with Gasteiger partial charge in [-0.05, 0) is 36.1 Å². The first-order valence-electron chi connectivity index (χ1n) is 9.12. The monoisotopic (exact) mass is 401 g/mol. The molecule has 27 heavy (non-hydrogen) atoms. The minimum atomic E-state index is -0.0521. The van der Waals surface area contributed by atoms with Crippen LogP contribution in [0.15, 0.2) is 53.7 Å². The smallest absolute Gasteiger partial charge is 0.240 e. The van der Waals surface area contributed by atoms with E-state index >= 15 is 0 Å². The summed E-state index contributed by atoms with van der Waals surface area (Å²) in [7, 11) is 0. The Hall–Kier alpha value is -1.98. The molecule has 0 aliphatic heterocycles. The van der Waals surface area contributed by atoms with Gasteiger partial charge >= 0.3 is 0 Å². The van der Waals surface area contributed by atoms with Gasteiger partial charge in [-0.25, -0.2) is 4.98 Å². The van der Waals surface area contributed by atoms with Gasteiger partial charge in [0, 0.05) is 17.3 Å². The summed E-state index contributed by atoms with van der Waals surface area (Å²) in [5.74, 6) is 1.58. The van der Waals surface area contributed by atoms with Crippen molar-refractivity contribution >= 4 is 40.3 Å². The number of rotatable bonds is 8. The van der Waals surface area contributed by atoms with Crippen molar-refractivity contribution in [1.29, 1.82) is 0 Å². The van der Waals surface area contributed by atoms with Crippen molar-refractivity contribution in [2.75, 3.05) is 5.75 Å². The van der Waals surface area contributed by atoms with E-state index in [0.717, 1.165) is 33.9 Å². The maximum absolute atomic E-state index is 12.6. The number of hydrogen-bond donors (Lipinski definition) is 1. The summed E-state index contributed by atoms with van der Waals surface area (Å²) in [5, 5.41) is 4.52. The summed E-state index contributed by atoms with van der Waals surface area (Å²) in [6, 6.07) is 15.5. The molecule has 3 aromatic rings. The average molecular weight is 402 g/mol. The lowest BCUT2D eigenvalue weighted by atomic mass is 10.2. The summed E-state index contributed by atoms with van der Waals surface area (Å²) in [6.45, 7) is 5.09. The third-order valence-corrected chi connectivity index (χ3v) is 5.66. The zero-order valence-electron chi connectivity index (χ0n) is 15.6. The molecule has 0 unspecified atom stereocenters. The first-order valence-corrected chi connectivity index (χ1v) is 10.5. The number of halogens is 1. The van der Waals surface area contributed by atoms with Crippen LogP contribution < -0.4 is 5.32 Å². The fourth-order valence-corrected chi connectivity index (χ4v) is 4.19. The lowest BCUT2D eigenvalue weighted by Gasteiger charge is -2.11. The molecule has 0 saturated carbocycles. The normalized spacial score (nSPS) is 11.3. The molecule has 6 heteroatoms. The number of thioether (sulfide) groups is 1. The van der Waals surface area contributed by atoms with Crippen LogP contribution in [0.1, 0.15) is 25.8 Å². The molecule has 4 nitrogen and oxygen atoms in total. The third-order valence-electron chi connectivity index (χ3n) is 4.28. The van der Waals surface area contributed by atoms with E-state index in [9.17, 15) is 4.79 Å². The first kappa shape index (κ1) is 19.8. The predicted molar refractivity (Wildman–Crippen MR) is 113 cm³/mol. The van der Waals surface area contributed by atoms with Gasteiger partial charge in [-0.3, -0.25) is 4.79 Å². The van der Waals surface area contributed by atoms with Crippen molar-refractivity contribution in [3.63, 3.8) is 0 Å². The Labute approximate surface area is 169 Å². The summed E-state index contributed by atoms with van der Waals surface area (Å²) in [4.78, 5) is 17.3. The molecule has 0 fully saturated rings. The highest BCUT2D eigenvalue weighted by atomic mass is 35.5. The minimum Gasteiger partial charge on any atom is -0.350 e. The molecule has 0 aliphatic carbocycles. The molecule has 1 aromatic heterocycles. The maximum Gasteiger partial charge on any atom is 0.240 e. The van der Waals surface area contributed by atoms with Crippen molar-refractivity contribution in [2.24, 2.45) is 5.92 Å². The Morgan fingerprint density at radius 3 is 2.70 bits per heavy atom.